The van der Waals surface area contributed by atoms with Crippen LogP contribution in [-0.4, -0.2) is 71.6 Å². The summed E-state index contributed by atoms with van der Waals surface area (Å²) in [5, 5.41) is 0.632. The second-order valence-electron chi connectivity index (χ2n) is 8.66. The zero-order valence-electron chi connectivity index (χ0n) is 19.5. The molecule has 2 aliphatic heterocycles. The van der Waals surface area contributed by atoms with Gasteiger partial charge in [0.15, 0.2) is 6.61 Å². The average Bonchev–Trinajstić information content (AvgIpc) is 3.11. The van der Waals surface area contributed by atoms with Gasteiger partial charge in [-0.05, 0) is 48.0 Å². The van der Waals surface area contributed by atoms with Crippen LogP contribution in [0.1, 0.15) is 11.1 Å². The van der Waals surface area contributed by atoms with Crippen LogP contribution in [0.25, 0.3) is 0 Å². The van der Waals surface area contributed by atoms with E-state index in [-0.39, 0.29) is 12.5 Å². The first-order chi connectivity index (χ1) is 17.1. The highest BCUT2D eigenvalue weighted by atomic mass is 35.5. The number of fused-ring (bicyclic) bond motifs is 1. The number of carbonyl (C=O) groups is 1. The van der Waals surface area contributed by atoms with Gasteiger partial charge < -0.3 is 19.3 Å². The van der Waals surface area contributed by atoms with Gasteiger partial charge in [-0.2, -0.15) is 0 Å². The molecule has 5 rings (SSSR count). The molecular weight excluding hydrogens is 466 g/mol. The number of aromatic nitrogens is 2. The standard InChI is InChI=1S/C26H28ClN5O3/c27-22-3-5-23(6-4-22)35-19-25(33)32-14-15-34-24-7-2-20(16-21(24)18-32)17-30-10-12-31(13-11-30)26-28-8-1-9-29-26/h1-9,16H,10-15,17-19H2. The third kappa shape index (κ3) is 6.01. The highest BCUT2D eigenvalue weighted by molar-refractivity contribution is 6.30. The Morgan fingerprint density at radius 1 is 1.00 bits per heavy atom. The summed E-state index contributed by atoms with van der Waals surface area (Å²) in [7, 11) is 0. The molecular formula is C26H28ClN5O3. The molecule has 1 saturated heterocycles. The van der Waals surface area contributed by atoms with Crippen molar-refractivity contribution in [1.29, 1.82) is 0 Å². The molecule has 2 aliphatic rings. The molecule has 1 fully saturated rings. The molecule has 3 heterocycles. The van der Waals surface area contributed by atoms with Crippen molar-refractivity contribution >= 4 is 23.5 Å². The Kier molecular flexibility index (Phi) is 7.30. The molecule has 0 bridgehead atoms. The average molecular weight is 494 g/mol. The molecule has 0 spiro atoms. The predicted molar refractivity (Wildman–Crippen MR) is 134 cm³/mol. The van der Waals surface area contributed by atoms with E-state index < -0.39 is 0 Å². The fraction of sp³-hybridized carbons (Fsp3) is 0.346. The van der Waals surface area contributed by atoms with E-state index in [2.05, 4.69) is 31.9 Å². The summed E-state index contributed by atoms with van der Waals surface area (Å²) in [5.74, 6) is 2.18. The number of nitrogens with zero attached hydrogens (tertiary/aromatic N) is 5. The second kappa shape index (κ2) is 10.9. The van der Waals surface area contributed by atoms with Gasteiger partial charge in [0.2, 0.25) is 5.95 Å². The SMILES string of the molecule is O=C(COc1ccc(Cl)cc1)N1CCOc2ccc(CN3CCN(c4ncccn4)CC3)cc2C1. The van der Waals surface area contributed by atoms with Crippen LogP contribution in [0, 0.1) is 0 Å². The highest BCUT2D eigenvalue weighted by Gasteiger charge is 2.22. The molecule has 3 aromatic rings. The number of carbonyl (C=O) groups excluding carboxylic acids is 1. The molecule has 0 saturated carbocycles. The molecule has 35 heavy (non-hydrogen) atoms. The number of amides is 1. The summed E-state index contributed by atoms with van der Waals surface area (Å²) < 4.78 is 11.6. The Morgan fingerprint density at radius 2 is 1.77 bits per heavy atom. The second-order valence-corrected chi connectivity index (χ2v) is 9.10. The van der Waals surface area contributed by atoms with Crippen LogP contribution >= 0.6 is 11.6 Å². The molecule has 0 atom stereocenters. The number of piperazine rings is 1. The van der Waals surface area contributed by atoms with E-state index in [1.54, 1.807) is 41.6 Å². The summed E-state index contributed by atoms with van der Waals surface area (Å²) in [6, 6.07) is 15.1. The number of rotatable bonds is 6. The van der Waals surface area contributed by atoms with E-state index in [0.717, 1.165) is 50.0 Å². The van der Waals surface area contributed by atoms with E-state index in [0.29, 0.717) is 30.5 Å². The van der Waals surface area contributed by atoms with Gasteiger partial charge in [0, 0.05) is 62.2 Å². The lowest BCUT2D eigenvalue weighted by Crippen LogP contribution is -2.46. The maximum Gasteiger partial charge on any atom is 0.260 e. The third-order valence-corrected chi connectivity index (χ3v) is 6.50. The number of hydrogen-bond donors (Lipinski definition) is 0. The van der Waals surface area contributed by atoms with Crippen molar-refractivity contribution < 1.29 is 14.3 Å². The number of benzene rings is 2. The molecule has 8 nitrogen and oxygen atoms in total. The molecule has 0 unspecified atom stereocenters. The van der Waals surface area contributed by atoms with E-state index >= 15 is 0 Å². The van der Waals surface area contributed by atoms with Gasteiger partial charge in [-0.3, -0.25) is 9.69 Å². The monoisotopic (exact) mass is 493 g/mol. The maximum absolute atomic E-state index is 12.8. The summed E-state index contributed by atoms with van der Waals surface area (Å²) in [6.45, 7) is 6.00. The number of hydrogen-bond acceptors (Lipinski definition) is 7. The van der Waals surface area contributed by atoms with Crippen LogP contribution < -0.4 is 14.4 Å². The minimum Gasteiger partial charge on any atom is -0.491 e. The highest BCUT2D eigenvalue weighted by Crippen LogP contribution is 2.26. The predicted octanol–water partition coefficient (Wildman–Crippen LogP) is 3.25. The zero-order chi connectivity index (χ0) is 24.0. The maximum atomic E-state index is 12.8. The molecule has 0 aliphatic carbocycles. The van der Waals surface area contributed by atoms with Gasteiger partial charge in [-0.15, -0.1) is 0 Å². The Morgan fingerprint density at radius 3 is 2.54 bits per heavy atom. The van der Waals surface area contributed by atoms with Crippen LogP contribution in [0.15, 0.2) is 60.9 Å². The molecule has 0 radical (unpaired) electrons. The Balaban J connectivity index is 1.17. The van der Waals surface area contributed by atoms with Crippen molar-refractivity contribution in [3.05, 3.63) is 77.1 Å². The van der Waals surface area contributed by atoms with E-state index in [9.17, 15) is 4.79 Å². The van der Waals surface area contributed by atoms with Gasteiger partial charge in [0.1, 0.15) is 18.1 Å². The van der Waals surface area contributed by atoms with Gasteiger partial charge in [0.25, 0.3) is 5.91 Å². The quantitative estimate of drug-likeness (QED) is 0.522. The van der Waals surface area contributed by atoms with E-state index in [4.69, 9.17) is 21.1 Å². The van der Waals surface area contributed by atoms with Crippen LogP contribution in [0.2, 0.25) is 5.02 Å². The number of halogens is 1. The third-order valence-electron chi connectivity index (χ3n) is 6.25. The van der Waals surface area contributed by atoms with Crippen molar-refractivity contribution in [1.82, 2.24) is 19.8 Å². The van der Waals surface area contributed by atoms with Gasteiger partial charge in [-0.25, -0.2) is 9.97 Å². The summed E-state index contributed by atoms with van der Waals surface area (Å²) in [4.78, 5) is 28.0. The first-order valence-electron chi connectivity index (χ1n) is 11.8. The van der Waals surface area contributed by atoms with Crippen molar-refractivity contribution in [2.45, 2.75) is 13.1 Å². The largest absolute Gasteiger partial charge is 0.491 e. The molecule has 182 valence electrons. The van der Waals surface area contributed by atoms with E-state index in [1.165, 1.54) is 5.56 Å². The minimum atomic E-state index is -0.0685. The summed E-state index contributed by atoms with van der Waals surface area (Å²) >= 11 is 5.91. The van der Waals surface area contributed by atoms with Crippen LogP contribution in [0.5, 0.6) is 11.5 Å². The van der Waals surface area contributed by atoms with Crippen molar-refractivity contribution in [2.75, 3.05) is 50.8 Å². The molecule has 2 aromatic carbocycles. The Bertz CT molecular complexity index is 1140. The smallest absolute Gasteiger partial charge is 0.260 e. The summed E-state index contributed by atoms with van der Waals surface area (Å²) in [6.07, 6.45) is 3.56. The molecule has 0 N–H and O–H groups in total. The lowest BCUT2D eigenvalue weighted by molar-refractivity contribution is -0.134. The van der Waals surface area contributed by atoms with Gasteiger partial charge in [-0.1, -0.05) is 17.7 Å². The molecule has 1 aromatic heterocycles. The number of anilines is 1. The van der Waals surface area contributed by atoms with Gasteiger partial charge in [0.05, 0.1) is 6.54 Å². The lowest BCUT2D eigenvalue weighted by Gasteiger charge is -2.34. The lowest BCUT2D eigenvalue weighted by atomic mass is 10.1. The Hall–Kier alpha value is -3.36. The van der Waals surface area contributed by atoms with Crippen LogP contribution in [0.4, 0.5) is 5.95 Å². The first kappa shape index (κ1) is 23.4. The minimum absolute atomic E-state index is 0.0218. The molecule has 1 amide bonds. The normalized spacial score (nSPS) is 16.3. The summed E-state index contributed by atoms with van der Waals surface area (Å²) in [5.41, 5.74) is 2.24. The van der Waals surface area contributed by atoms with Gasteiger partial charge >= 0.3 is 0 Å². The number of ether oxygens (including phenoxy) is 2. The van der Waals surface area contributed by atoms with Crippen molar-refractivity contribution in [3.63, 3.8) is 0 Å². The fourth-order valence-corrected chi connectivity index (χ4v) is 4.47. The topological polar surface area (TPSA) is 71.0 Å². The zero-order valence-corrected chi connectivity index (χ0v) is 20.2. The van der Waals surface area contributed by atoms with Crippen LogP contribution in [0.3, 0.4) is 0 Å². The van der Waals surface area contributed by atoms with E-state index in [1.807, 2.05) is 12.1 Å². The van der Waals surface area contributed by atoms with Crippen molar-refractivity contribution in [2.24, 2.45) is 0 Å². The van der Waals surface area contributed by atoms with Crippen LogP contribution in [-0.2, 0) is 17.9 Å². The van der Waals surface area contributed by atoms with Crippen molar-refractivity contribution in [3.8, 4) is 11.5 Å². The first-order valence-corrected chi connectivity index (χ1v) is 12.2. The fourth-order valence-electron chi connectivity index (χ4n) is 4.34. The molecule has 9 heteroatoms. The Labute approximate surface area is 210 Å².